The van der Waals surface area contributed by atoms with Gasteiger partial charge in [-0.05, 0) is 18.1 Å². The monoisotopic (exact) mass is 268 g/mol. The number of nitrogens with two attached hydrogens (primary N) is 2. The number of hydrogen-bond donors (Lipinski definition) is 3. The number of benzene rings is 1. The molecular formula is C15H16N4O. The Balaban J connectivity index is 1.71. The molecule has 0 aliphatic heterocycles. The maximum atomic E-state index is 11.2. The first-order chi connectivity index (χ1) is 9.65. The molecule has 0 saturated heterocycles. The maximum absolute atomic E-state index is 11.2. The van der Waals surface area contributed by atoms with Crippen molar-refractivity contribution in [2.24, 2.45) is 5.73 Å². The molecule has 1 aromatic carbocycles. The van der Waals surface area contributed by atoms with Crippen LogP contribution < -0.4 is 16.8 Å². The van der Waals surface area contributed by atoms with Gasteiger partial charge < -0.3 is 16.8 Å². The Kier molecular flexibility index (Phi) is 3.02. The van der Waals surface area contributed by atoms with Crippen LogP contribution in [-0.4, -0.2) is 16.9 Å². The zero-order chi connectivity index (χ0) is 14.1. The quantitative estimate of drug-likeness (QED) is 0.787. The van der Waals surface area contributed by atoms with E-state index in [4.69, 9.17) is 11.5 Å². The SMILES string of the molecule is NC(=O)c1cc(NC2CC2c2ccccc2)ncc1N. The van der Waals surface area contributed by atoms with Crippen LogP contribution in [0.4, 0.5) is 11.5 Å². The number of anilines is 2. The number of nitrogens with zero attached hydrogens (tertiary/aromatic N) is 1. The number of hydrogen-bond acceptors (Lipinski definition) is 4. The van der Waals surface area contributed by atoms with E-state index in [-0.39, 0.29) is 0 Å². The van der Waals surface area contributed by atoms with Crippen LogP contribution in [0.1, 0.15) is 28.3 Å². The van der Waals surface area contributed by atoms with Crippen molar-refractivity contribution < 1.29 is 4.79 Å². The first-order valence-electron chi connectivity index (χ1n) is 6.52. The van der Waals surface area contributed by atoms with E-state index >= 15 is 0 Å². The number of carbonyl (C=O) groups is 1. The van der Waals surface area contributed by atoms with Gasteiger partial charge in [-0.15, -0.1) is 0 Å². The van der Waals surface area contributed by atoms with Crippen LogP contribution >= 0.6 is 0 Å². The number of nitrogen functional groups attached to an aromatic ring is 1. The molecule has 2 aromatic rings. The van der Waals surface area contributed by atoms with E-state index in [1.54, 1.807) is 6.07 Å². The lowest BCUT2D eigenvalue weighted by molar-refractivity contribution is 0.100. The van der Waals surface area contributed by atoms with Crippen molar-refractivity contribution in [3.05, 3.63) is 53.7 Å². The van der Waals surface area contributed by atoms with Crippen LogP contribution in [-0.2, 0) is 0 Å². The fraction of sp³-hybridized carbons (Fsp3) is 0.200. The maximum Gasteiger partial charge on any atom is 0.250 e. The second-order valence-corrected chi connectivity index (χ2v) is 5.02. The highest BCUT2D eigenvalue weighted by Crippen LogP contribution is 2.42. The lowest BCUT2D eigenvalue weighted by Gasteiger charge is -2.08. The molecule has 5 heteroatoms. The van der Waals surface area contributed by atoms with Gasteiger partial charge in [-0.1, -0.05) is 30.3 Å². The van der Waals surface area contributed by atoms with E-state index in [9.17, 15) is 4.79 Å². The van der Waals surface area contributed by atoms with E-state index < -0.39 is 5.91 Å². The van der Waals surface area contributed by atoms with Crippen molar-refractivity contribution in [3.8, 4) is 0 Å². The second kappa shape index (κ2) is 4.85. The normalized spacial score (nSPS) is 20.4. The van der Waals surface area contributed by atoms with Gasteiger partial charge in [0.05, 0.1) is 17.4 Å². The van der Waals surface area contributed by atoms with Crippen molar-refractivity contribution in [1.82, 2.24) is 4.98 Å². The Hall–Kier alpha value is -2.56. The van der Waals surface area contributed by atoms with E-state index in [0.717, 1.165) is 6.42 Å². The van der Waals surface area contributed by atoms with Crippen LogP contribution in [0.3, 0.4) is 0 Å². The van der Waals surface area contributed by atoms with E-state index in [2.05, 4.69) is 22.4 Å². The summed E-state index contributed by atoms with van der Waals surface area (Å²) in [6.07, 6.45) is 2.52. The molecule has 0 bridgehead atoms. The summed E-state index contributed by atoms with van der Waals surface area (Å²) in [5.74, 6) is 0.590. The van der Waals surface area contributed by atoms with E-state index in [1.165, 1.54) is 11.8 Å². The molecule has 1 amide bonds. The zero-order valence-corrected chi connectivity index (χ0v) is 10.9. The van der Waals surface area contributed by atoms with Crippen LogP contribution in [0.5, 0.6) is 0 Å². The molecule has 2 unspecified atom stereocenters. The number of pyridine rings is 1. The highest BCUT2D eigenvalue weighted by atomic mass is 16.1. The van der Waals surface area contributed by atoms with Gasteiger partial charge in [0.25, 0.3) is 5.91 Å². The topological polar surface area (TPSA) is 94.0 Å². The van der Waals surface area contributed by atoms with Crippen molar-refractivity contribution in [2.45, 2.75) is 18.4 Å². The molecule has 3 rings (SSSR count). The number of aromatic nitrogens is 1. The molecule has 1 fully saturated rings. The standard InChI is InChI=1S/C15H16N4O/c16-12-8-18-14(7-11(12)15(17)20)19-13-6-10(13)9-4-2-1-3-5-9/h1-5,7-8,10,13H,6,16H2,(H2,17,20)(H,18,19). The Morgan fingerprint density at radius 3 is 2.75 bits per heavy atom. The minimum atomic E-state index is -0.539. The third-order valence-electron chi connectivity index (χ3n) is 3.55. The molecular weight excluding hydrogens is 252 g/mol. The number of nitrogens with one attached hydrogen (secondary N) is 1. The van der Waals surface area contributed by atoms with Gasteiger partial charge in [0.2, 0.25) is 0 Å². The Morgan fingerprint density at radius 2 is 2.05 bits per heavy atom. The lowest BCUT2D eigenvalue weighted by atomic mass is 10.1. The summed E-state index contributed by atoms with van der Waals surface area (Å²) < 4.78 is 0. The van der Waals surface area contributed by atoms with Crippen molar-refractivity contribution >= 4 is 17.4 Å². The van der Waals surface area contributed by atoms with Crippen LogP contribution in [0.15, 0.2) is 42.6 Å². The zero-order valence-electron chi connectivity index (χ0n) is 10.9. The summed E-state index contributed by atoms with van der Waals surface area (Å²) in [5.41, 5.74) is 12.9. The van der Waals surface area contributed by atoms with Crippen molar-refractivity contribution in [3.63, 3.8) is 0 Å². The highest BCUT2D eigenvalue weighted by molar-refractivity contribution is 5.98. The summed E-state index contributed by atoms with van der Waals surface area (Å²) >= 11 is 0. The predicted molar refractivity (Wildman–Crippen MR) is 78.4 cm³/mol. The van der Waals surface area contributed by atoms with Gasteiger partial charge in [-0.25, -0.2) is 4.98 Å². The van der Waals surface area contributed by atoms with Gasteiger partial charge in [0, 0.05) is 12.0 Å². The number of primary amides is 1. The molecule has 0 radical (unpaired) electrons. The number of amides is 1. The third-order valence-corrected chi connectivity index (χ3v) is 3.55. The Labute approximate surface area is 117 Å². The van der Waals surface area contributed by atoms with E-state index in [0.29, 0.717) is 29.0 Å². The molecule has 5 N–H and O–H groups in total. The van der Waals surface area contributed by atoms with Gasteiger partial charge in [-0.3, -0.25) is 4.79 Å². The Bertz CT molecular complexity index is 642. The number of carbonyl (C=O) groups excluding carboxylic acids is 1. The second-order valence-electron chi connectivity index (χ2n) is 5.02. The Morgan fingerprint density at radius 1 is 1.30 bits per heavy atom. The predicted octanol–water partition coefficient (Wildman–Crippen LogP) is 1.73. The minimum absolute atomic E-state index is 0.304. The van der Waals surface area contributed by atoms with Gasteiger partial charge in [0.15, 0.2) is 0 Å². The molecule has 1 aromatic heterocycles. The van der Waals surface area contributed by atoms with Gasteiger partial charge in [0.1, 0.15) is 5.82 Å². The molecule has 20 heavy (non-hydrogen) atoms. The first kappa shape index (κ1) is 12.5. The van der Waals surface area contributed by atoms with Gasteiger partial charge >= 0.3 is 0 Å². The smallest absolute Gasteiger partial charge is 0.250 e. The molecule has 0 spiro atoms. The summed E-state index contributed by atoms with van der Waals surface area (Å²) in [5, 5.41) is 3.31. The minimum Gasteiger partial charge on any atom is -0.397 e. The average molecular weight is 268 g/mol. The molecule has 1 aliphatic carbocycles. The molecule has 1 heterocycles. The van der Waals surface area contributed by atoms with E-state index in [1.807, 2.05) is 18.2 Å². The summed E-state index contributed by atoms with van der Waals surface area (Å²) in [6.45, 7) is 0. The third kappa shape index (κ3) is 2.42. The molecule has 1 saturated carbocycles. The first-order valence-corrected chi connectivity index (χ1v) is 6.52. The molecule has 2 atom stereocenters. The van der Waals surface area contributed by atoms with Crippen molar-refractivity contribution in [2.75, 3.05) is 11.1 Å². The summed E-state index contributed by atoms with van der Waals surface area (Å²) in [7, 11) is 0. The molecule has 1 aliphatic rings. The largest absolute Gasteiger partial charge is 0.397 e. The van der Waals surface area contributed by atoms with Gasteiger partial charge in [-0.2, -0.15) is 0 Å². The van der Waals surface area contributed by atoms with Crippen molar-refractivity contribution in [1.29, 1.82) is 0 Å². The fourth-order valence-electron chi connectivity index (χ4n) is 2.37. The molecule has 5 nitrogen and oxygen atoms in total. The molecule has 102 valence electrons. The van der Waals surface area contributed by atoms with Crippen LogP contribution in [0.25, 0.3) is 0 Å². The lowest BCUT2D eigenvalue weighted by Crippen LogP contribution is -2.15. The summed E-state index contributed by atoms with van der Waals surface area (Å²) in [6, 6.07) is 12.3. The fourth-order valence-corrected chi connectivity index (χ4v) is 2.37. The number of rotatable bonds is 4. The van der Waals surface area contributed by atoms with Crippen LogP contribution in [0.2, 0.25) is 0 Å². The average Bonchev–Trinajstić information content (AvgIpc) is 3.21. The van der Waals surface area contributed by atoms with Crippen LogP contribution in [0, 0.1) is 0 Å². The highest BCUT2D eigenvalue weighted by Gasteiger charge is 2.38. The summed E-state index contributed by atoms with van der Waals surface area (Å²) in [4.78, 5) is 15.4.